The summed E-state index contributed by atoms with van der Waals surface area (Å²) in [5.74, 6) is 0.530. The van der Waals surface area contributed by atoms with Crippen LogP contribution in [-0.2, 0) is 0 Å². The average Bonchev–Trinajstić information content (AvgIpc) is 2.37. The van der Waals surface area contributed by atoms with Crippen molar-refractivity contribution < 1.29 is 4.92 Å². The summed E-state index contributed by atoms with van der Waals surface area (Å²) in [6, 6.07) is 12.5. The zero-order valence-electron chi connectivity index (χ0n) is 9.75. The number of aryl methyl sites for hydroxylation is 1. The second-order valence-electron chi connectivity index (χ2n) is 3.67. The molecule has 0 aliphatic rings. The Bertz CT molecular complexity index is 557. The highest BCUT2D eigenvalue weighted by atomic mass is 16.6. The number of nitrogens with one attached hydrogen (secondary N) is 2. The minimum absolute atomic E-state index is 0.0141. The molecule has 0 saturated heterocycles. The topological polar surface area (TPSA) is 80.1 Å². The van der Waals surface area contributed by atoms with E-state index in [2.05, 4.69) is 15.8 Å². The zero-order valence-corrected chi connectivity index (χ0v) is 9.75. The molecule has 0 amide bonds. The molecule has 2 aromatic rings. The van der Waals surface area contributed by atoms with E-state index in [4.69, 9.17) is 0 Å². The first kappa shape index (κ1) is 11.8. The molecule has 0 saturated carbocycles. The fourth-order valence-corrected chi connectivity index (χ4v) is 1.47. The maximum atomic E-state index is 10.6. The summed E-state index contributed by atoms with van der Waals surface area (Å²) in [5, 5.41) is 10.6. The molecule has 2 rings (SSSR count). The second kappa shape index (κ2) is 5.13. The first-order chi connectivity index (χ1) is 8.66. The van der Waals surface area contributed by atoms with Crippen LogP contribution < -0.4 is 10.9 Å². The van der Waals surface area contributed by atoms with E-state index in [1.165, 1.54) is 6.07 Å². The van der Waals surface area contributed by atoms with Crippen LogP contribution >= 0.6 is 0 Å². The summed E-state index contributed by atoms with van der Waals surface area (Å²) in [4.78, 5) is 14.3. The van der Waals surface area contributed by atoms with E-state index < -0.39 is 4.92 Å². The van der Waals surface area contributed by atoms with Gasteiger partial charge in [-0.3, -0.25) is 21.0 Å². The lowest BCUT2D eigenvalue weighted by molar-refractivity contribution is -0.385. The molecule has 2 N–H and O–H groups in total. The highest BCUT2D eigenvalue weighted by Crippen LogP contribution is 2.17. The summed E-state index contributed by atoms with van der Waals surface area (Å²) in [6.07, 6.45) is 0. The molecule has 18 heavy (non-hydrogen) atoms. The van der Waals surface area contributed by atoms with Gasteiger partial charge in [-0.1, -0.05) is 18.2 Å². The Labute approximate surface area is 104 Å². The van der Waals surface area contributed by atoms with Crippen molar-refractivity contribution in [2.75, 3.05) is 10.9 Å². The molecule has 0 aliphatic heterocycles. The monoisotopic (exact) mass is 244 g/mol. The van der Waals surface area contributed by atoms with Crippen LogP contribution in [0.2, 0.25) is 0 Å². The number of para-hydroxylation sites is 1. The van der Waals surface area contributed by atoms with Gasteiger partial charge in [-0.15, -0.1) is 0 Å². The Morgan fingerprint density at radius 1 is 1.11 bits per heavy atom. The fourth-order valence-electron chi connectivity index (χ4n) is 1.47. The van der Waals surface area contributed by atoms with E-state index in [1.54, 1.807) is 13.0 Å². The third-order valence-electron chi connectivity index (χ3n) is 2.36. The maximum Gasteiger partial charge on any atom is 0.290 e. The Kier molecular flexibility index (Phi) is 3.38. The van der Waals surface area contributed by atoms with Crippen LogP contribution in [-0.4, -0.2) is 9.91 Å². The SMILES string of the molecule is Cc1nc(NNc2ccccc2)ccc1[N+](=O)[O-]. The summed E-state index contributed by atoms with van der Waals surface area (Å²) >= 11 is 0. The lowest BCUT2D eigenvalue weighted by atomic mass is 10.3. The molecular formula is C12H12N4O2. The molecule has 0 aliphatic carbocycles. The number of aromatic nitrogens is 1. The van der Waals surface area contributed by atoms with Gasteiger partial charge in [0.15, 0.2) is 0 Å². The van der Waals surface area contributed by atoms with E-state index in [0.29, 0.717) is 11.5 Å². The number of nitro groups is 1. The molecule has 92 valence electrons. The Hall–Kier alpha value is -2.63. The lowest BCUT2D eigenvalue weighted by Crippen LogP contribution is -2.10. The van der Waals surface area contributed by atoms with Crippen molar-refractivity contribution in [1.29, 1.82) is 0 Å². The fraction of sp³-hybridized carbons (Fsp3) is 0.0833. The van der Waals surface area contributed by atoms with Gasteiger partial charge >= 0.3 is 0 Å². The average molecular weight is 244 g/mol. The number of benzene rings is 1. The van der Waals surface area contributed by atoms with Gasteiger partial charge in [0, 0.05) is 6.07 Å². The molecule has 0 unspecified atom stereocenters. The Balaban J connectivity index is 2.07. The maximum absolute atomic E-state index is 10.6. The van der Waals surface area contributed by atoms with E-state index in [-0.39, 0.29) is 5.69 Å². The second-order valence-corrected chi connectivity index (χ2v) is 3.67. The third kappa shape index (κ3) is 2.73. The molecule has 0 spiro atoms. The number of hydrogen-bond donors (Lipinski definition) is 2. The van der Waals surface area contributed by atoms with Gasteiger partial charge in [0.25, 0.3) is 5.69 Å². The number of hydrazine groups is 1. The first-order valence-corrected chi connectivity index (χ1v) is 5.36. The van der Waals surface area contributed by atoms with Gasteiger partial charge in [0.1, 0.15) is 11.5 Å². The predicted octanol–water partition coefficient (Wildman–Crippen LogP) is 2.74. The van der Waals surface area contributed by atoms with Gasteiger partial charge < -0.3 is 0 Å². The molecule has 0 fully saturated rings. The van der Waals surface area contributed by atoms with Crippen LogP contribution in [0.25, 0.3) is 0 Å². The van der Waals surface area contributed by atoms with E-state index >= 15 is 0 Å². The molecule has 1 aromatic heterocycles. The number of hydrogen-bond acceptors (Lipinski definition) is 5. The van der Waals surface area contributed by atoms with Gasteiger partial charge in [0.05, 0.1) is 10.6 Å². The van der Waals surface area contributed by atoms with E-state index in [0.717, 1.165) is 5.69 Å². The Morgan fingerprint density at radius 2 is 1.83 bits per heavy atom. The smallest absolute Gasteiger partial charge is 0.290 e. The van der Waals surface area contributed by atoms with Crippen molar-refractivity contribution in [1.82, 2.24) is 4.98 Å². The van der Waals surface area contributed by atoms with Crippen molar-refractivity contribution >= 4 is 17.2 Å². The molecule has 6 nitrogen and oxygen atoms in total. The van der Waals surface area contributed by atoms with Crippen LogP contribution in [0.1, 0.15) is 5.69 Å². The molecule has 1 aromatic carbocycles. The van der Waals surface area contributed by atoms with Crippen LogP contribution in [0.4, 0.5) is 17.2 Å². The largest absolute Gasteiger partial charge is 0.300 e. The highest BCUT2D eigenvalue weighted by Gasteiger charge is 2.11. The van der Waals surface area contributed by atoms with Gasteiger partial charge in [0.2, 0.25) is 0 Å². The quantitative estimate of drug-likeness (QED) is 0.638. The normalized spacial score (nSPS) is 9.83. The Morgan fingerprint density at radius 3 is 2.44 bits per heavy atom. The third-order valence-corrected chi connectivity index (χ3v) is 2.36. The zero-order chi connectivity index (χ0) is 13.0. The summed E-state index contributed by atoms with van der Waals surface area (Å²) in [6.45, 7) is 1.60. The number of anilines is 2. The van der Waals surface area contributed by atoms with E-state index in [1.807, 2.05) is 30.3 Å². The number of nitrogens with zero attached hydrogens (tertiary/aromatic N) is 2. The van der Waals surface area contributed by atoms with Gasteiger partial charge in [-0.2, -0.15) is 0 Å². The lowest BCUT2D eigenvalue weighted by Gasteiger charge is -2.09. The van der Waals surface area contributed by atoms with Crippen molar-refractivity contribution in [3.63, 3.8) is 0 Å². The summed E-state index contributed by atoms with van der Waals surface area (Å²) in [5.41, 5.74) is 7.11. The van der Waals surface area contributed by atoms with Crippen LogP contribution in [0.15, 0.2) is 42.5 Å². The first-order valence-electron chi connectivity index (χ1n) is 5.36. The van der Waals surface area contributed by atoms with Crippen molar-refractivity contribution in [2.24, 2.45) is 0 Å². The highest BCUT2D eigenvalue weighted by molar-refractivity contribution is 5.51. The minimum atomic E-state index is -0.448. The van der Waals surface area contributed by atoms with Crippen molar-refractivity contribution in [2.45, 2.75) is 6.92 Å². The molecule has 6 heteroatoms. The number of rotatable bonds is 4. The number of pyridine rings is 1. The van der Waals surface area contributed by atoms with Crippen molar-refractivity contribution in [3.05, 3.63) is 58.3 Å². The van der Waals surface area contributed by atoms with Gasteiger partial charge in [-0.25, -0.2) is 4.98 Å². The van der Waals surface area contributed by atoms with Crippen molar-refractivity contribution in [3.8, 4) is 0 Å². The summed E-state index contributed by atoms with van der Waals surface area (Å²) in [7, 11) is 0. The van der Waals surface area contributed by atoms with Crippen LogP contribution in [0.3, 0.4) is 0 Å². The molecule has 0 bridgehead atoms. The van der Waals surface area contributed by atoms with Gasteiger partial charge in [-0.05, 0) is 25.1 Å². The standard InChI is InChI=1S/C12H12N4O2/c1-9-11(16(17)18)7-8-12(13-9)15-14-10-5-3-2-4-6-10/h2-8,14H,1H3,(H,13,15). The molecule has 1 heterocycles. The molecule has 0 atom stereocenters. The van der Waals surface area contributed by atoms with Crippen LogP contribution in [0.5, 0.6) is 0 Å². The summed E-state index contributed by atoms with van der Waals surface area (Å²) < 4.78 is 0. The molecular weight excluding hydrogens is 232 g/mol. The van der Waals surface area contributed by atoms with E-state index in [9.17, 15) is 10.1 Å². The minimum Gasteiger partial charge on any atom is -0.300 e. The molecule has 0 radical (unpaired) electrons. The predicted molar refractivity (Wildman–Crippen MR) is 69.3 cm³/mol. The van der Waals surface area contributed by atoms with Crippen LogP contribution in [0, 0.1) is 17.0 Å².